The van der Waals surface area contributed by atoms with E-state index < -0.39 is 0 Å². The number of anilines is 2. The lowest BCUT2D eigenvalue weighted by Crippen LogP contribution is -2.50. The predicted molar refractivity (Wildman–Crippen MR) is 87.1 cm³/mol. The van der Waals surface area contributed by atoms with Gasteiger partial charge in [0.15, 0.2) is 0 Å². The molecule has 1 aliphatic heterocycles. The van der Waals surface area contributed by atoms with E-state index in [1.54, 1.807) is 18.2 Å². The third-order valence-electron chi connectivity index (χ3n) is 4.02. The van der Waals surface area contributed by atoms with Gasteiger partial charge in [0, 0.05) is 41.6 Å². The molecule has 0 atom stereocenters. The second-order valence-electron chi connectivity index (χ2n) is 6.79. The minimum atomic E-state index is -0.0943. The van der Waals surface area contributed by atoms with Crippen molar-refractivity contribution >= 4 is 17.3 Å². The topological polar surface area (TPSA) is 84.4 Å². The van der Waals surface area contributed by atoms with E-state index in [1.165, 1.54) is 0 Å². The van der Waals surface area contributed by atoms with Crippen molar-refractivity contribution in [2.24, 2.45) is 0 Å². The first-order chi connectivity index (χ1) is 9.75. The fourth-order valence-corrected chi connectivity index (χ4v) is 2.77. The van der Waals surface area contributed by atoms with E-state index in [9.17, 15) is 4.79 Å². The van der Waals surface area contributed by atoms with E-state index in [4.69, 9.17) is 11.5 Å². The molecule has 1 amide bonds. The summed E-state index contributed by atoms with van der Waals surface area (Å²) in [6.07, 6.45) is 1.95. The first-order valence-corrected chi connectivity index (χ1v) is 7.47. The number of likely N-dealkylation sites (tertiary alicyclic amines) is 1. The minimum absolute atomic E-state index is 0.0943. The Balaban J connectivity index is 1.93. The molecule has 0 aromatic heterocycles. The van der Waals surface area contributed by atoms with E-state index in [0.29, 0.717) is 16.9 Å². The number of hydrogen-bond donors (Lipinski definition) is 3. The predicted octanol–water partition coefficient (Wildman–Crippen LogP) is 1.84. The van der Waals surface area contributed by atoms with Crippen LogP contribution < -0.4 is 16.8 Å². The van der Waals surface area contributed by atoms with E-state index in [1.807, 2.05) is 0 Å². The van der Waals surface area contributed by atoms with Gasteiger partial charge in [0.05, 0.1) is 0 Å². The lowest BCUT2D eigenvalue weighted by Gasteiger charge is -2.41. The lowest BCUT2D eigenvalue weighted by atomic mass is 9.98. The van der Waals surface area contributed by atoms with Gasteiger partial charge in [-0.3, -0.25) is 9.69 Å². The van der Waals surface area contributed by atoms with Crippen molar-refractivity contribution < 1.29 is 4.79 Å². The van der Waals surface area contributed by atoms with Gasteiger partial charge in [-0.05, 0) is 51.8 Å². The van der Waals surface area contributed by atoms with Crippen molar-refractivity contribution in [1.82, 2.24) is 10.2 Å². The van der Waals surface area contributed by atoms with Crippen LogP contribution in [0, 0.1) is 0 Å². The first-order valence-electron chi connectivity index (χ1n) is 7.47. The van der Waals surface area contributed by atoms with E-state index in [2.05, 4.69) is 31.0 Å². The molecule has 1 fully saturated rings. The van der Waals surface area contributed by atoms with Gasteiger partial charge in [-0.15, -0.1) is 0 Å². The standard InChI is InChI=1S/C16H26N4O/c1-16(2,3)20-6-4-14(5-7-20)19-15(21)11-8-12(17)10-13(18)9-11/h8-10,14H,4-7,17-18H2,1-3H3,(H,19,21). The third kappa shape index (κ3) is 4.11. The molecule has 5 heteroatoms. The highest BCUT2D eigenvalue weighted by Gasteiger charge is 2.27. The third-order valence-corrected chi connectivity index (χ3v) is 4.02. The summed E-state index contributed by atoms with van der Waals surface area (Å²) in [5, 5.41) is 3.08. The van der Waals surface area contributed by atoms with Crippen LogP contribution in [0.3, 0.4) is 0 Å². The van der Waals surface area contributed by atoms with Gasteiger partial charge in [-0.1, -0.05) is 0 Å². The second-order valence-corrected chi connectivity index (χ2v) is 6.79. The maximum atomic E-state index is 12.3. The Bertz CT molecular complexity index is 493. The summed E-state index contributed by atoms with van der Waals surface area (Å²) in [5.74, 6) is -0.0943. The zero-order chi connectivity index (χ0) is 15.6. The normalized spacial score (nSPS) is 17.7. The highest BCUT2D eigenvalue weighted by Crippen LogP contribution is 2.20. The zero-order valence-corrected chi connectivity index (χ0v) is 13.1. The van der Waals surface area contributed by atoms with Crippen molar-refractivity contribution in [3.05, 3.63) is 23.8 Å². The number of piperidine rings is 1. The first kappa shape index (κ1) is 15.6. The van der Waals surface area contributed by atoms with Crippen molar-refractivity contribution in [3.63, 3.8) is 0 Å². The molecule has 0 unspecified atom stereocenters. The Hall–Kier alpha value is -1.75. The molecule has 0 bridgehead atoms. The zero-order valence-electron chi connectivity index (χ0n) is 13.1. The minimum Gasteiger partial charge on any atom is -0.399 e. The summed E-state index contributed by atoms with van der Waals surface area (Å²) in [6, 6.07) is 5.20. The fourth-order valence-electron chi connectivity index (χ4n) is 2.77. The summed E-state index contributed by atoms with van der Waals surface area (Å²) in [5.41, 5.74) is 13.2. The summed E-state index contributed by atoms with van der Waals surface area (Å²) in [4.78, 5) is 14.7. The van der Waals surface area contributed by atoms with Crippen LogP contribution in [0.15, 0.2) is 18.2 Å². The molecule has 1 aromatic carbocycles. The molecule has 0 aliphatic carbocycles. The monoisotopic (exact) mass is 290 g/mol. The van der Waals surface area contributed by atoms with Crippen LogP contribution in [0.2, 0.25) is 0 Å². The fraction of sp³-hybridized carbons (Fsp3) is 0.562. The molecule has 0 radical (unpaired) electrons. The molecule has 5 N–H and O–H groups in total. The highest BCUT2D eigenvalue weighted by atomic mass is 16.1. The van der Waals surface area contributed by atoms with Crippen LogP contribution in [0.5, 0.6) is 0 Å². The average Bonchev–Trinajstić information content (AvgIpc) is 2.37. The number of nitrogens with one attached hydrogen (secondary N) is 1. The van der Waals surface area contributed by atoms with E-state index in [-0.39, 0.29) is 17.5 Å². The average molecular weight is 290 g/mol. The molecule has 1 aromatic rings. The number of carbonyl (C=O) groups is 1. The number of rotatable bonds is 2. The number of nitrogens with zero attached hydrogens (tertiary/aromatic N) is 1. The molecule has 1 aliphatic rings. The van der Waals surface area contributed by atoms with Crippen LogP contribution in [-0.4, -0.2) is 35.5 Å². The molecule has 2 rings (SSSR count). The smallest absolute Gasteiger partial charge is 0.251 e. The Labute approximate surface area is 126 Å². The number of amides is 1. The summed E-state index contributed by atoms with van der Waals surface area (Å²) < 4.78 is 0. The van der Waals surface area contributed by atoms with Crippen LogP contribution in [0.25, 0.3) is 0 Å². The van der Waals surface area contributed by atoms with Crippen molar-refractivity contribution in [1.29, 1.82) is 0 Å². The second kappa shape index (κ2) is 5.93. The molecule has 21 heavy (non-hydrogen) atoms. The maximum absolute atomic E-state index is 12.3. The Kier molecular flexibility index (Phi) is 4.42. The van der Waals surface area contributed by atoms with Crippen molar-refractivity contribution in [3.8, 4) is 0 Å². The lowest BCUT2D eigenvalue weighted by molar-refractivity contribution is 0.0812. The highest BCUT2D eigenvalue weighted by molar-refractivity contribution is 5.96. The Morgan fingerprint density at radius 3 is 2.14 bits per heavy atom. The number of hydrogen-bond acceptors (Lipinski definition) is 4. The quantitative estimate of drug-likeness (QED) is 0.726. The van der Waals surface area contributed by atoms with Crippen LogP contribution in [-0.2, 0) is 0 Å². The summed E-state index contributed by atoms with van der Waals surface area (Å²) in [7, 11) is 0. The number of carbonyl (C=O) groups excluding carboxylic acids is 1. The van der Waals surface area contributed by atoms with Crippen LogP contribution in [0.4, 0.5) is 11.4 Å². The number of nitrogens with two attached hydrogens (primary N) is 2. The Morgan fingerprint density at radius 1 is 1.14 bits per heavy atom. The van der Waals surface area contributed by atoms with Crippen molar-refractivity contribution in [2.45, 2.75) is 45.2 Å². The van der Waals surface area contributed by atoms with Gasteiger partial charge >= 0.3 is 0 Å². The summed E-state index contributed by atoms with van der Waals surface area (Å²) in [6.45, 7) is 8.69. The molecular weight excluding hydrogens is 264 g/mol. The van der Waals surface area contributed by atoms with Gasteiger partial charge in [0.2, 0.25) is 0 Å². The molecule has 1 saturated heterocycles. The molecular formula is C16H26N4O. The summed E-state index contributed by atoms with van der Waals surface area (Å²) >= 11 is 0. The van der Waals surface area contributed by atoms with Gasteiger partial charge in [-0.2, -0.15) is 0 Å². The molecule has 0 spiro atoms. The van der Waals surface area contributed by atoms with Crippen LogP contribution in [0.1, 0.15) is 44.0 Å². The molecule has 0 saturated carbocycles. The van der Waals surface area contributed by atoms with Gasteiger partial charge < -0.3 is 16.8 Å². The van der Waals surface area contributed by atoms with Gasteiger partial charge in [0.25, 0.3) is 5.91 Å². The van der Waals surface area contributed by atoms with E-state index >= 15 is 0 Å². The van der Waals surface area contributed by atoms with Gasteiger partial charge in [0.1, 0.15) is 0 Å². The molecule has 1 heterocycles. The SMILES string of the molecule is CC(C)(C)N1CCC(NC(=O)c2cc(N)cc(N)c2)CC1. The maximum Gasteiger partial charge on any atom is 0.251 e. The van der Waals surface area contributed by atoms with Gasteiger partial charge in [-0.25, -0.2) is 0 Å². The number of nitrogen functional groups attached to an aromatic ring is 2. The number of benzene rings is 1. The molecule has 5 nitrogen and oxygen atoms in total. The Morgan fingerprint density at radius 2 is 1.67 bits per heavy atom. The van der Waals surface area contributed by atoms with E-state index in [0.717, 1.165) is 25.9 Å². The largest absolute Gasteiger partial charge is 0.399 e. The van der Waals surface area contributed by atoms with Crippen LogP contribution >= 0.6 is 0 Å². The molecule has 116 valence electrons. The van der Waals surface area contributed by atoms with Crippen molar-refractivity contribution in [2.75, 3.05) is 24.6 Å².